The minimum Gasteiger partial charge on any atom is -0.477 e. The van der Waals surface area contributed by atoms with Crippen LogP contribution in [0.4, 0.5) is 13.2 Å². The average molecular weight is 502 g/mol. The number of piperidine rings is 1. The zero-order valence-electron chi connectivity index (χ0n) is 19.6. The highest BCUT2D eigenvalue weighted by molar-refractivity contribution is 5.87. The van der Waals surface area contributed by atoms with Crippen molar-refractivity contribution in [3.05, 3.63) is 30.0 Å². The molecule has 0 amide bonds. The van der Waals surface area contributed by atoms with Crippen LogP contribution < -0.4 is 10.1 Å². The highest BCUT2D eigenvalue weighted by Crippen LogP contribution is 2.38. The van der Waals surface area contributed by atoms with E-state index in [2.05, 4.69) is 25.3 Å². The molecule has 5 rings (SSSR count). The van der Waals surface area contributed by atoms with Gasteiger partial charge < -0.3 is 19.4 Å². The predicted molar refractivity (Wildman–Crippen MR) is 123 cm³/mol. The van der Waals surface area contributed by atoms with Gasteiger partial charge in [-0.05, 0) is 50.8 Å². The van der Waals surface area contributed by atoms with Crippen LogP contribution in [-0.4, -0.2) is 57.4 Å². The highest BCUT2D eigenvalue weighted by Gasteiger charge is 2.36. The number of ether oxygens (including phenoxy) is 2. The highest BCUT2D eigenvalue weighted by atomic mass is 19.4. The fourth-order valence-corrected chi connectivity index (χ4v) is 4.73. The lowest BCUT2D eigenvalue weighted by atomic mass is 9.95. The first-order valence-corrected chi connectivity index (χ1v) is 12.0. The Balaban J connectivity index is 1.45. The molecule has 0 aliphatic carbocycles. The van der Waals surface area contributed by atoms with Crippen molar-refractivity contribution >= 4 is 11.2 Å². The Morgan fingerprint density at radius 1 is 1.17 bits per heavy atom. The first-order valence-electron chi connectivity index (χ1n) is 12.0. The minimum absolute atomic E-state index is 0.0892. The van der Waals surface area contributed by atoms with Gasteiger partial charge in [0, 0.05) is 30.8 Å². The van der Waals surface area contributed by atoms with Crippen molar-refractivity contribution < 1.29 is 22.6 Å². The first kappa shape index (κ1) is 24.4. The van der Waals surface area contributed by atoms with E-state index < -0.39 is 17.6 Å². The number of pyridine rings is 1. The molecule has 2 saturated heterocycles. The van der Waals surface area contributed by atoms with E-state index in [0.29, 0.717) is 43.3 Å². The van der Waals surface area contributed by atoms with Crippen LogP contribution in [0.5, 0.6) is 5.88 Å². The fraction of sp³-hybridized carbons (Fsp3) is 0.542. The fourth-order valence-electron chi connectivity index (χ4n) is 4.73. The third kappa shape index (κ3) is 5.27. The molecule has 0 spiro atoms. The summed E-state index contributed by atoms with van der Waals surface area (Å²) in [7, 11) is 0. The molecule has 5 heterocycles. The summed E-state index contributed by atoms with van der Waals surface area (Å²) < 4.78 is 54.6. The lowest BCUT2D eigenvalue weighted by molar-refractivity contribution is -0.139. The van der Waals surface area contributed by atoms with Crippen LogP contribution in [-0.2, 0) is 17.5 Å². The molecule has 190 valence electrons. The maximum absolute atomic E-state index is 14.0. The molecule has 0 aromatic carbocycles. The van der Waals surface area contributed by atoms with Crippen molar-refractivity contribution in [1.82, 2.24) is 29.8 Å². The number of hydrogen-bond acceptors (Lipinski definition) is 8. The molecule has 1 atom stereocenters. The summed E-state index contributed by atoms with van der Waals surface area (Å²) in [6.45, 7) is 3.85. The van der Waals surface area contributed by atoms with Crippen molar-refractivity contribution in [2.45, 2.75) is 38.4 Å². The van der Waals surface area contributed by atoms with Crippen molar-refractivity contribution in [2.75, 3.05) is 32.9 Å². The summed E-state index contributed by atoms with van der Waals surface area (Å²) in [5.74, 6) is 0.0751. The van der Waals surface area contributed by atoms with Gasteiger partial charge in [-0.2, -0.15) is 23.4 Å². The molecule has 3 aromatic rings. The second-order valence-electron chi connectivity index (χ2n) is 9.21. The van der Waals surface area contributed by atoms with Crippen molar-refractivity contribution in [3.8, 4) is 23.2 Å². The van der Waals surface area contributed by atoms with E-state index >= 15 is 0 Å². The topological polar surface area (TPSA) is 111 Å². The van der Waals surface area contributed by atoms with Gasteiger partial charge in [-0.25, -0.2) is 15.0 Å². The van der Waals surface area contributed by atoms with E-state index in [4.69, 9.17) is 9.47 Å². The van der Waals surface area contributed by atoms with Gasteiger partial charge in [0.25, 0.3) is 0 Å². The Morgan fingerprint density at radius 3 is 2.72 bits per heavy atom. The first-order chi connectivity index (χ1) is 17.4. The van der Waals surface area contributed by atoms with Gasteiger partial charge >= 0.3 is 6.18 Å². The molecular formula is C24H26F3N7O2. The van der Waals surface area contributed by atoms with E-state index in [9.17, 15) is 18.4 Å². The zero-order chi connectivity index (χ0) is 25.1. The number of halogens is 3. The van der Waals surface area contributed by atoms with Crippen molar-refractivity contribution in [3.63, 3.8) is 0 Å². The van der Waals surface area contributed by atoms with E-state index in [1.54, 1.807) is 10.9 Å². The molecule has 1 N–H and O–H groups in total. The van der Waals surface area contributed by atoms with E-state index in [1.807, 2.05) is 6.07 Å². The average Bonchev–Trinajstić information content (AvgIpc) is 3.54. The van der Waals surface area contributed by atoms with Gasteiger partial charge in [-0.3, -0.25) is 0 Å². The van der Waals surface area contributed by atoms with E-state index in [-0.39, 0.29) is 29.6 Å². The Kier molecular flexibility index (Phi) is 7.02. The molecule has 0 radical (unpaired) electrons. The van der Waals surface area contributed by atoms with E-state index in [0.717, 1.165) is 38.4 Å². The Morgan fingerprint density at radius 2 is 2.00 bits per heavy atom. The number of nitrogens with one attached hydrogen (secondary N) is 1. The van der Waals surface area contributed by atoms with E-state index in [1.165, 1.54) is 6.20 Å². The van der Waals surface area contributed by atoms with Gasteiger partial charge in [0.15, 0.2) is 5.65 Å². The summed E-state index contributed by atoms with van der Waals surface area (Å²) in [6, 6.07) is 2.85. The number of rotatable bonds is 7. The lowest BCUT2D eigenvalue weighted by Gasteiger charge is -2.22. The number of hydrogen-bond donors (Lipinski definition) is 1. The summed E-state index contributed by atoms with van der Waals surface area (Å²) in [4.78, 5) is 16.8. The molecule has 9 nitrogen and oxygen atoms in total. The smallest absolute Gasteiger partial charge is 0.421 e. The third-order valence-electron chi connectivity index (χ3n) is 6.70. The van der Waals surface area contributed by atoms with Crippen LogP contribution in [0.3, 0.4) is 0 Å². The molecule has 0 saturated carbocycles. The summed E-state index contributed by atoms with van der Waals surface area (Å²) in [6.07, 6.45) is 1.69. The second kappa shape index (κ2) is 10.4. The van der Waals surface area contributed by atoms with Crippen LogP contribution in [0.15, 0.2) is 18.6 Å². The van der Waals surface area contributed by atoms with Crippen LogP contribution in [0.1, 0.15) is 37.1 Å². The molecular weight excluding hydrogens is 475 g/mol. The summed E-state index contributed by atoms with van der Waals surface area (Å²) in [5.41, 5.74) is -0.0801. The van der Waals surface area contributed by atoms with Crippen LogP contribution in [0.2, 0.25) is 0 Å². The Hall–Kier alpha value is -3.30. The monoisotopic (exact) mass is 501 g/mol. The number of aromatic nitrogens is 5. The van der Waals surface area contributed by atoms with Crippen molar-refractivity contribution in [2.24, 2.45) is 11.8 Å². The molecule has 36 heavy (non-hydrogen) atoms. The molecule has 12 heteroatoms. The summed E-state index contributed by atoms with van der Waals surface area (Å²) in [5, 5.41) is 12.7. The predicted octanol–water partition coefficient (Wildman–Crippen LogP) is 3.58. The lowest BCUT2D eigenvalue weighted by Crippen LogP contribution is -2.28. The SMILES string of the molecule is N#Cc1nc(-c2cnc(OCCC3CCNCC3)c(C(F)(F)F)c2)c2ncn(CC3CCOC3)c2n1. The maximum atomic E-state index is 14.0. The van der Waals surface area contributed by atoms with Crippen LogP contribution in [0, 0.1) is 23.2 Å². The second-order valence-corrected chi connectivity index (χ2v) is 9.21. The van der Waals surface area contributed by atoms with Crippen LogP contribution >= 0.6 is 0 Å². The number of fused-ring (bicyclic) bond motifs is 1. The third-order valence-corrected chi connectivity index (χ3v) is 6.70. The summed E-state index contributed by atoms with van der Waals surface area (Å²) >= 11 is 0. The van der Waals surface area contributed by atoms with Crippen LogP contribution in [0.25, 0.3) is 22.4 Å². The number of alkyl halides is 3. The minimum atomic E-state index is -4.68. The molecule has 2 aliphatic heterocycles. The van der Waals surface area contributed by atoms with Gasteiger partial charge in [0.1, 0.15) is 22.8 Å². The van der Waals surface area contributed by atoms with Crippen molar-refractivity contribution in [1.29, 1.82) is 5.26 Å². The molecule has 2 aliphatic rings. The number of nitrogens with zero attached hydrogens (tertiary/aromatic N) is 6. The normalized spacial score (nSPS) is 19.0. The van der Waals surface area contributed by atoms with Gasteiger partial charge in [-0.15, -0.1) is 0 Å². The molecule has 0 bridgehead atoms. The molecule has 3 aromatic heterocycles. The van der Waals surface area contributed by atoms with Gasteiger partial charge in [-0.1, -0.05) is 0 Å². The Bertz CT molecular complexity index is 1260. The molecule has 1 unspecified atom stereocenters. The number of nitriles is 1. The quantitative estimate of drug-likeness (QED) is 0.523. The van der Waals surface area contributed by atoms with Gasteiger partial charge in [0.2, 0.25) is 11.7 Å². The number of imidazole rings is 1. The Labute approximate surface area is 205 Å². The zero-order valence-corrected chi connectivity index (χ0v) is 19.6. The molecule has 2 fully saturated rings. The van der Waals surface area contributed by atoms with Gasteiger partial charge in [0.05, 0.1) is 19.5 Å². The standard InChI is InChI=1S/C24H26F3N7O2/c25-24(26,27)18-9-17(11-30-23(18)36-8-4-15-1-5-29-6-2-15)20-21-22(33-19(10-28)32-20)34(14-31-21)12-16-3-7-35-13-16/h9,11,14-16,29H,1-8,12-13H2. The maximum Gasteiger partial charge on any atom is 0.421 e. The largest absolute Gasteiger partial charge is 0.477 e.